The number of amides is 1. The fourth-order valence-electron chi connectivity index (χ4n) is 2.81. The zero-order valence-electron chi connectivity index (χ0n) is 9.73. The van der Waals surface area contributed by atoms with Gasteiger partial charge in [-0.05, 0) is 38.8 Å². The third-order valence-corrected chi connectivity index (χ3v) is 3.78. The van der Waals surface area contributed by atoms with E-state index >= 15 is 0 Å². The van der Waals surface area contributed by atoms with E-state index in [-0.39, 0.29) is 5.91 Å². The molecule has 4 heteroatoms. The Morgan fingerprint density at radius 1 is 1.00 bits per heavy atom. The first-order valence-corrected chi connectivity index (χ1v) is 6.29. The average molecular weight is 224 g/mol. The van der Waals surface area contributed by atoms with Gasteiger partial charge in [-0.1, -0.05) is 6.42 Å². The summed E-state index contributed by atoms with van der Waals surface area (Å²) >= 11 is 0. The molecule has 16 heavy (non-hydrogen) atoms. The number of carbonyl (C=O) groups excluding carboxylic acids is 2. The third-order valence-electron chi connectivity index (χ3n) is 3.78. The minimum atomic E-state index is -0.350. The Morgan fingerprint density at radius 2 is 1.62 bits per heavy atom. The number of likely N-dealkylation sites (tertiary alicyclic amines) is 2. The minimum absolute atomic E-state index is 0.350. The number of hydrogen-bond acceptors (Lipinski definition) is 3. The van der Waals surface area contributed by atoms with Gasteiger partial charge in [-0.25, -0.2) is 0 Å². The van der Waals surface area contributed by atoms with Gasteiger partial charge in [-0.15, -0.1) is 0 Å². The summed E-state index contributed by atoms with van der Waals surface area (Å²) in [6.45, 7) is 3.93. The molecule has 2 heterocycles. The molecule has 2 aliphatic rings. The molecule has 0 aromatic heterocycles. The van der Waals surface area contributed by atoms with Gasteiger partial charge in [0.05, 0.1) is 0 Å². The average Bonchev–Trinajstić information content (AvgIpc) is 2.39. The maximum absolute atomic E-state index is 11.2. The lowest BCUT2D eigenvalue weighted by atomic mass is 10.00. The lowest BCUT2D eigenvalue weighted by Crippen LogP contribution is -2.48. The maximum atomic E-state index is 11.2. The number of hydrogen-bond donors (Lipinski definition) is 0. The molecule has 0 radical (unpaired) electrons. The van der Waals surface area contributed by atoms with Crippen molar-refractivity contribution in [2.45, 2.75) is 38.1 Å². The molecule has 4 nitrogen and oxygen atoms in total. The van der Waals surface area contributed by atoms with Crippen LogP contribution in [0.5, 0.6) is 0 Å². The topological polar surface area (TPSA) is 40.6 Å². The maximum Gasteiger partial charge on any atom is 0.286 e. The Labute approximate surface area is 96.6 Å². The van der Waals surface area contributed by atoms with Gasteiger partial charge in [-0.3, -0.25) is 9.59 Å². The van der Waals surface area contributed by atoms with Crippen LogP contribution in [0.4, 0.5) is 0 Å². The normalized spacial score (nSPS) is 24.4. The number of aldehydes is 1. The summed E-state index contributed by atoms with van der Waals surface area (Å²) in [5.41, 5.74) is 0. The van der Waals surface area contributed by atoms with Crippen LogP contribution in [-0.4, -0.2) is 54.2 Å². The highest BCUT2D eigenvalue weighted by atomic mass is 16.2. The third kappa shape index (κ3) is 2.61. The Morgan fingerprint density at radius 3 is 2.19 bits per heavy atom. The summed E-state index contributed by atoms with van der Waals surface area (Å²) in [7, 11) is 0. The van der Waals surface area contributed by atoms with E-state index in [9.17, 15) is 9.59 Å². The minimum Gasteiger partial charge on any atom is -0.336 e. The second kappa shape index (κ2) is 5.43. The first kappa shape index (κ1) is 11.6. The van der Waals surface area contributed by atoms with Crippen LogP contribution in [-0.2, 0) is 9.59 Å². The molecule has 2 saturated heterocycles. The standard InChI is InChI=1S/C12H20N2O2/c15-10-12(16)14-8-4-11(5-9-14)13-6-2-1-3-7-13/h10-11H,1-9H2. The van der Waals surface area contributed by atoms with Crippen LogP contribution in [0.25, 0.3) is 0 Å². The van der Waals surface area contributed by atoms with Crippen molar-refractivity contribution in [3.63, 3.8) is 0 Å². The monoisotopic (exact) mass is 224 g/mol. The van der Waals surface area contributed by atoms with Gasteiger partial charge in [0, 0.05) is 19.1 Å². The predicted octanol–water partition coefficient (Wildman–Crippen LogP) is 0.662. The molecule has 0 aromatic rings. The van der Waals surface area contributed by atoms with E-state index in [1.807, 2.05) is 0 Å². The first-order chi connectivity index (χ1) is 7.81. The predicted molar refractivity (Wildman–Crippen MR) is 61.1 cm³/mol. The van der Waals surface area contributed by atoms with Crippen molar-refractivity contribution >= 4 is 12.2 Å². The molecular weight excluding hydrogens is 204 g/mol. The zero-order valence-corrected chi connectivity index (χ0v) is 9.73. The van der Waals surface area contributed by atoms with Gasteiger partial charge >= 0.3 is 0 Å². The Hall–Kier alpha value is -0.900. The highest BCUT2D eigenvalue weighted by Crippen LogP contribution is 2.20. The van der Waals surface area contributed by atoms with Crippen molar-refractivity contribution in [2.75, 3.05) is 26.2 Å². The lowest BCUT2D eigenvalue weighted by Gasteiger charge is -2.39. The van der Waals surface area contributed by atoms with Crippen LogP contribution in [0, 0.1) is 0 Å². The smallest absolute Gasteiger partial charge is 0.286 e. The molecule has 2 rings (SSSR count). The molecule has 0 bridgehead atoms. The fraction of sp³-hybridized carbons (Fsp3) is 0.833. The van der Waals surface area contributed by atoms with Crippen molar-refractivity contribution < 1.29 is 9.59 Å². The second-order valence-electron chi connectivity index (χ2n) is 4.77. The highest BCUT2D eigenvalue weighted by Gasteiger charge is 2.27. The van der Waals surface area contributed by atoms with E-state index in [1.54, 1.807) is 4.90 Å². The summed E-state index contributed by atoms with van der Waals surface area (Å²) in [6, 6.07) is 0.635. The molecule has 0 spiro atoms. The largest absolute Gasteiger partial charge is 0.336 e. The van der Waals surface area contributed by atoms with E-state index in [0.29, 0.717) is 12.3 Å². The number of rotatable bonds is 2. The number of carbonyl (C=O) groups is 2. The molecule has 0 atom stereocenters. The summed E-state index contributed by atoms with van der Waals surface area (Å²) < 4.78 is 0. The first-order valence-electron chi connectivity index (χ1n) is 6.29. The fourth-order valence-corrected chi connectivity index (χ4v) is 2.81. The highest BCUT2D eigenvalue weighted by molar-refractivity contribution is 6.23. The Balaban J connectivity index is 1.80. The van der Waals surface area contributed by atoms with Gasteiger partial charge in [-0.2, -0.15) is 0 Å². The molecule has 0 N–H and O–H groups in total. The van der Waals surface area contributed by atoms with Crippen molar-refractivity contribution in [1.82, 2.24) is 9.80 Å². The quantitative estimate of drug-likeness (QED) is 0.511. The van der Waals surface area contributed by atoms with Crippen molar-refractivity contribution in [3.8, 4) is 0 Å². The van der Waals surface area contributed by atoms with Crippen LogP contribution in [0.2, 0.25) is 0 Å². The molecular formula is C12H20N2O2. The summed E-state index contributed by atoms with van der Waals surface area (Å²) in [4.78, 5) is 25.8. The Bertz CT molecular complexity index is 254. The molecule has 0 aromatic carbocycles. The van der Waals surface area contributed by atoms with E-state index in [2.05, 4.69) is 4.90 Å². The summed E-state index contributed by atoms with van der Waals surface area (Å²) in [5, 5.41) is 0. The van der Waals surface area contributed by atoms with Crippen LogP contribution < -0.4 is 0 Å². The molecule has 0 unspecified atom stereocenters. The van der Waals surface area contributed by atoms with Crippen molar-refractivity contribution in [2.24, 2.45) is 0 Å². The van der Waals surface area contributed by atoms with Crippen molar-refractivity contribution in [1.29, 1.82) is 0 Å². The van der Waals surface area contributed by atoms with Gasteiger partial charge < -0.3 is 9.80 Å². The molecule has 0 saturated carbocycles. The van der Waals surface area contributed by atoms with E-state index < -0.39 is 0 Å². The molecule has 2 fully saturated rings. The van der Waals surface area contributed by atoms with Crippen LogP contribution >= 0.6 is 0 Å². The van der Waals surface area contributed by atoms with Crippen LogP contribution in [0.15, 0.2) is 0 Å². The SMILES string of the molecule is O=CC(=O)N1CCC(N2CCCCC2)CC1. The summed E-state index contributed by atoms with van der Waals surface area (Å²) in [6.07, 6.45) is 6.47. The van der Waals surface area contributed by atoms with Crippen molar-refractivity contribution in [3.05, 3.63) is 0 Å². The van der Waals surface area contributed by atoms with E-state index in [1.165, 1.54) is 32.4 Å². The number of piperidine rings is 2. The van der Waals surface area contributed by atoms with Gasteiger partial charge in [0.15, 0.2) is 0 Å². The molecule has 0 aliphatic carbocycles. The molecule has 2 aliphatic heterocycles. The van der Waals surface area contributed by atoms with E-state index in [0.717, 1.165) is 25.9 Å². The van der Waals surface area contributed by atoms with Gasteiger partial charge in [0.2, 0.25) is 6.29 Å². The van der Waals surface area contributed by atoms with Gasteiger partial charge in [0.25, 0.3) is 5.91 Å². The second-order valence-corrected chi connectivity index (χ2v) is 4.77. The van der Waals surface area contributed by atoms with Crippen LogP contribution in [0.3, 0.4) is 0 Å². The van der Waals surface area contributed by atoms with Gasteiger partial charge in [0.1, 0.15) is 0 Å². The zero-order chi connectivity index (χ0) is 11.4. The lowest BCUT2D eigenvalue weighted by molar-refractivity contribution is -0.140. The number of nitrogens with zero attached hydrogens (tertiary/aromatic N) is 2. The van der Waals surface area contributed by atoms with E-state index in [4.69, 9.17) is 0 Å². The molecule has 1 amide bonds. The Kier molecular flexibility index (Phi) is 3.93. The summed E-state index contributed by atoms with van der Waals surface area (Å²) in [5.74, 6) is -0.350. The molecule has 90 valence electrons. The van der Waals surface area contributed by atoms with Crippen LogP contribution in [0.1, 0.15) is 32.1 Å².